The zero-order valence-corrected chi connectivity index (χ0v) is 14.7. The van der Waals surface area contributed by atoms with Crippen molar-refractivity contribution in [3.8, 4) is 11.8 Å². The Morgan fingerprint density at radius 1 is 1.27 bits per heavy atom. The number of aromatic amines is 1. The summed E-state index contributed by atoms with van der Waals surface area (Å²) in [4.78, 5) is 11.6. The van der Waals surface area contributed by atoms with Crippen LogP contribution in [0.15, 0.2) is 29.1 Å². The highest BCUT2D eigenvalue weighted by atomic mass is 35.5. The average Bonchev–Trinajstić information content (AvgIpc) is 2.90. The van der Waals surface area contributed by atoms with Crippen LogP contribution < -0.4 is 5.56 Å². The van der Waals surface area contributed by atoms with E-state index in [-0.39, 0.29) is 11.4 Å². The second-order valence-electron chi connectivity index (χ2n) is 5.56. The van der Waals surface area contributed by atoms with Crippen LogP contribution in [0.2, 0.25) is 5.15 Å². The maximum atomic E-state index is 13.1. The number of rotatable bonds is 3. The Kier molecular flexibility index (Phi) is 4.69. The quantitative estimate of drug-likeness (QED) is 0.766. The zero-order valence-electron chi connectivity index (χ0n) is 13.9. The van der Waals surface area contributed by atoms with Crippen LogP contribution in [0.25, 0.3) is 17.8 Å². The fourth-order valence-electron chi connectivity index (χ4n) is 2.46. The van der Waals surface area contributed by atoms with Crippen LogP contribution in [0.4, 0.5) is 4.39 Å². The fourth-order valence-corrected chi connectivity index (χ4v) is 2.80. The van der Waals surface area contributed by atoms with Crippen LogP contribution in [-0.4, -0.2) is 20.0 Å². The molecule has 1 N–H and O–H groups in total. The number of halogens is 2. The van der Waals surface area contributed by atoms with Crippen molar-refractivity contribution in [1.82, 2.24) is 20.0 Å². The highest BCUT2D eigenvalue weighted by molar-refractivity contribution is 6.31. The van der Waals surface area contributed by atoms with Gasteiger partial charge in [0.2, 0.25) is 0 Å². The first kappa shape index (κ1) is 17.6. The standard InChI is InChI=1S/C18H13ClFN5O/c1-10-15(9-21)18(26)23-22-16(10)8-7-14-11(2)24-25(17(14)19)13-5-3-12(20)4-6-13/h3-8H,1-2H3,(H,23,26)/b8-7+. The minimum absolute atomic E-state index is 0.0180. The summed E-state index contributed by atoms with van der Waals surface area (Å²) in [6, 6.07) is 7.68. The van der Waals surface area contributed by atoms with Crippen LogP contribution in [0.5, 0.6) is 0 Å². The molecule has 6 nitrogen and oxygen atoms in total. The number of aromatic nitrogens is 4. The maximum absolute atomic E-state index is 13.1. The Bertz CT molecular complexity index is 1110. The van der Waals surface area contributed by atoms with Gasteiger partial charge in [0.1, 0.15) is 22.6 Å². The van der Waals surface area contributed by atoms with Crippen molar-refractivity contribution in [2.24, 2.45) is 0 Å². The molecule has 0 fully saturated rings. The summed E-state index contributed by atoms with van der Waals surface area (Å²) in [6.45, 7) is 3.44. The third-order valence-corrected chi connectivity index (χ3v) is 4.27. The molecule has 0 saturated heterocycles. The number of hydrogen-bond donors (Lipinski definition) is 1. The molecule has 2 heterocycles. The van der Waals surface area contributed by atoms with Gasteiger partial charge in [0.05, 0.1) is 17.1 Å². The van der Waals surface area contributed by atoms with Gasteiger partial charge in [-0.2, -0.15) is 15.5 Å². The summed E-state index contributed by atoms with van der Waals surface area (Å²) >= 11 is 6.42. The number of nitriles is 1. The Morgan fingerprint density at radius 2 is 1.96 bits per heavy atom. The highest BCUT2D eigenvalue weighted by Crippen LogP contribution is 2.25. The maximum Gasteiger partial charge on any atom is 0.282 e. The number of H-pyrrole nitrogens is 1. The minimum atomic E-state index is -0.527. The smallest absolute Gasteiger partial charge is 0.267 e. The van der Waals surface area contributed by atoms with Crippen molar-refractivity contribution in [3.05, 3.63) is 73.7 Å². The molecule has 0 spiro atoms. The molecule has 0 radical (unpaired) electrons. The van der Waals surface area contributed by atoms with E-state index in [1.807, 2.05) is 6.07 Å². The van der Waals surface area contributed by atoms with Gasteiger partial charge in [-0.3, -0.25) is 4.79 Å². The molecule has 0 aliphatic heterocycles. The van der Waals surface area contributed by atoms with E-state index in [1.165, 1.54) is 16.8 Å². The van der Waals surface area contributed by atoms with Crippen molar-refractivity contribution in [2.75, 3.05) is 0 Å². The zero-order chi connectivity index (χ0) is 18.8. The molecule has 0 unspecified atom stereocenters. The van der Waals surface area contributed by atoms with Crippen molar-refractivity contribution < 1.29 is 4.39 Å². The van der Waals surface area contributed by atoms with Crippen LogP contribution in [-0.2, 0) is 0 Å². The first-order valence-electron chi connectivity index (χ1n) is 7.61. The fraction of sp³-hybridized carbons (Fsp3) is 0.111. The van der Waals surface area contributed by atoms with E-state index < -0.39 is 5.56 Å². The number of aryl methyl sites for hydroxylation is 1. The van der Waals surface area contributed by atoms with Gasteiger partial charge in [-0.1, -0.05) is 11.6 Å². The second-order valence-corrected chi connectivity index (χ2v) is 5.92. The molecule has 2 aromatic heterocycles. The van der Waals surface area contributed by atoms with E-state index in [2.05, 4.69) is 15.3 Å². The lowest BCUT2D eigenvalue weighted by Crippen LogP contribution is -2.15. The van der Waals surface area contributed by atoms with Crippen LogP contribution in [0.1, 0.15) is 28.1 Å². The van der Waals surface area contributed by atoms with E-state index in [9.17, 15) is 9.18 Å². The molecule has 0 aliphatic carbocycles. The van der Waals surface area contributed by atoms with Gasteiger partial charge < -0.3 is 0 Å². The monoisotopic (exact) mass is 369 g/mol. The summed E-state index contributed by atoms with van der Waals surface area (Å²) < 4.78 is 14.6. The van der Waals surface area contributed by atoms with Gasteiger partial charge in [-0.25, -0.2) is 14.2 Å². The first-order valence-corrected chi connectivity index (χ1v) is 7.98. The topological polar surface area (TPSA) is 87.4 Å². The first-order chi connectivity index (χ1) is 12.4. The normalized spacial score (nSPS) is 11.0. The molecule has 0 saturated carbocycles. The highest BCUT2D eigenvalue weighted by Gasteiger charge is 2.13. The van der Waals surface area contributed by atoms with Crippen molar-refractivity contribution in [2.45, 2.75) is 13.8 Å². The van der Waals surface area contributed by atoms with Gasteiger partial charge in [-0.05, 0) is 55.8 Å². The molecule has 1 aromatic carbocycles. The summed E-state index contributed by atoms with van der Waals surface area (Å²) in [6.07, 6.45) is 3.36. The van der Waals surface area contributed by atoms with Gasteiger partial charge in [-0.15, -0.1) is 0 Å². The molecule has 0 aliphatic rings. The molecule has 3 aromatic rings. The lowest BCUT2D eigenvalue weighted by Gasteiger charge is -2.03. The molecule has 0 bridgehead atoms. The minimum Gasteiger partial charge on any atom is -0.267 e. The lowest BCUT2D eigenvalue weighted by atomic mass is 10.1. The Labute approximate surface area is 153 Å². The van der Waals surface area contributed by atoms with E-state index in [1.54, 1.807) is 38.1 Å². The Morgan fingerprint density at radius 3 is 2.62 bits per heavy atom. The lowest BCUT2D eigenvalue weighted by molar-refractivity contribution is 0.627. The SMILES string of the molecule is Cc1nn(-c2ccc(F)cc2)c(Cl)c1/C=C/c1n[nH]c(=O)c(C#N)c1C. The number of nitrogens with zero attached hydrogens (tertiary/aromatic N) is 4. The average molecular weight is 370 g/mol. The second kappa shape index (κ2) is 6.94. The van der Waals surface area contributed by atoms with Crippen LogP contribution in [0.3, 0.4) is 0 Å². The summed E-state index contributed by atoms with van der Waals surface area (Å²) in [7, 11) is 0. The van der Waals surface area contributed by atoms with E-state index in [0.717, 1.165) is 0 Å². The van der Waals surface area contributed by atoms with Gasteiger partial charge >= 0.3 is 0 Å². The summed E-state index contributed by atoms with van der Waals surface area (Å²) in [5.74, 6) is -0.346. The van der Waals surface area contributed by atoms with Gasteiger partial charge in [0.15, 0.2) is 0 Å². The van der Waals surface area contributed by atoms with Crippen LogP contribution in [0, 0.1) is 31.0 Å². The molecular formula is C18H13ClFN5O. The predicted octanol–water partition coefficient (Wildman–Crippen LogP) is 3.41. The third kappa shape index (κ3) is 3.15. The summed E-state index contributed by atoms with van der Waals surface area (Å²) in [5, 5.41) is 20.0. The predicted molar refractivity (Wildman–Crippen MR) is 96.5 cm³/mol. The molecule has 3 rings (SSSR count). The molecule has 8 heteroatoms. The number of benzene rings is 1. The third-order valence-electron chi connectivity index (χ3n) is 3.90. The van der Waals surface area contributed by atoms with Crippen molar-refractivity contribution >= 4 is 23.8 Å². The van der Waals surface area contributed by atoms with E-state index in [0.29, 0.717) is 33.4 Å². The van der Waals surface area contributed by atoms with Crippen molar-refractivity contribution in [3.63, 3.8) is 0 Å². The van der Waals surface area contributed by atoms with Crippen LogP contribution >= 0.6 is 11.6 Å². The largest absolute Gasteiger partial charge is 0.282 e. The molecule has 130 valence electrons. The van der Waals surface area contributed by atoms with Gasteiger partial charge in [0.25, 0.3) is 5.56 Å². The molecule has 0 atom stereocenters. The van der Waals surface area contributed by atoms with E-state index in [4.69, 9.17) is 16.9 Å². The Hall–Kier alpha value is -3.24. The molecular weight excluding hydrogens is 357 g/mol. The summed E-state index contributed by atoms with van der Waals surface area (Å²) in [5.41, 5.74) is 2.37. The van der Waals surface area contributed by atoms with Crippen molar-refractivity contribution in [1.29, 1.82) is 5.26 Å². The molecule has 0 amide bonds. The number of hydrogen-bond acceptors (Lipinski definition) is 4. The molecule has 26 heavy (non-hydrogen) atoms. The Balaban J connectivity index is 2.02. The number of nitrogens with one attached hydrogen (secondary N) is 1. The van der Waals surface area contributed by atoms with Gasteiger partial charge in [0, 0.05) is 5.56 Å². The van der Waals surface area contributed by atoms with E-state index >= 15 is 0 Å².